The van der Waals surface area contributed by atoms with Gasteiger partial charge in [-0.3, -0.25) is 4.57 Å². The Morgan fingerprint density at radius 3 is 1.98 bits per heavy atom. The lowest BCUT2D eigenvalue weighted by Gasteiger charge is -2.23. The number of rotatable bonds is 3. The van der Waals surface area contributed by atoms with Crippen LogP contribution in [0, 0.1) is 0 Å². The molecule has 272 valence electrons. The van der Waals surface area contributed by atoms with Gasteiger partial charge in [0.15, 0.2) is 5.58 Å². The molecule has 0 saturated carbocycles. The zero-order chi connectivity index (χ0) is 38.3. The highest BCUT2D eigenvalue weighted by Crippen LogP contribution is 2.52. The fourth-order valence-electron chi connectivity index (χ4n) is 10.1. The Hall–Kier alpha value is -7.50. The summed E-state index contributed by atoms with van der Waals surface area (Å²) in [5.74, 6) is 0.611. The Balaban J connectivity index is 1.10. The summed E-state index contributed by atoms with van der Waals surface area (Å²) >= 11 is 0. The van der Waals surface area contributed by atoms with Gasteiger partial charge in [-0.05, 0) is 93.7 Å². The van der Waals surface area contributed by atoms with Crippen molar-refractivity contribution in [2.45, 2.75) is 19.3 Å². The number of hydrogen-bond acceptors (Lipinski definition) is 3. The number of para-hydroxylation sites is 4. The molecule has 0 N–H and O–H groups in total. The van der Waals surface area contributed by atoms with Crippen molar-refractivity contribution >= 4 is 76.5 Å². The van der Waals surface area contributed by atoms with Crippen LogP contribution in [-0.4, -0.2) is 19.1 Å². The van der Waals surface area contributed by atoms with Gasteiger partial charge in [-0.15, -0.1) is 0 Å². The van der Waals surface area contributed by atoms with Gasteiger partial charge in [-0.25, -0.2) is 9.97 Å². The Morgan fingerprint density at radius 1 is 0.483 bits per heavy atom. The summed E-state index contributed by atoms with van der Waals surface area (Å²) in [6.07, 6.45) is 0. The van der Waals surface area contributed by atoms with Gasteiger partial charge < -0.3 is 8.98 Å². The number of fused-ring (bicyclic) bond motifs is 14. The summed E-state index contributed by atoms with van der Waals surface area (Å²) in [4.78, 5) is 10.9. The molecule has 58 heavy (non-hydrogen) atoms. The lowest BCUT2D eigenvalue weighted by Crippen LogP contribution is -2.15. The molecule has 8 aromatic carbocycles. The third-order valence-corrected chi connectivity index (χ3v) is 12.7. The van der Waals surface area contributed by atoms with Gasteiger partial charge >= 0.3 is 0 Å². The average molecular weight is 743 g/mol. The van der Waals surface area contributed by atoms with E-state index in [9.17, 15) is 0 Å². The Bertz CT molecular complexity index is 3710. The van der Waals surface area contributed by atoms with Crippen LogP contribution in [0.2, 0.25) is 0 Å². The van der Waals surface area contributed by atoms with Gasteiger partial charge in [-0.1, -0.05) is 123 Å². The fraction of sp³-hybridized carbons (Fsp3) is 0.0566. The molecule has 0 unspecified atom stereocenters. The molecule has 0 bridgehead atoms. The van der Waals surface area contributed by atoms with Crippen LogP contribution >= 0.6 is 0 Å². The molecule has 0 saturated heterocycles. The second-order valence-electron chi connectivity index (χ2n) is 16.2. The molecule has 0 atom stereocenters. The van der Waals surface area contributed by atoms with Crippen LogP contribution in [-0.2, 0) is 5.41 Å². The standard InChI is InChI=1S/C53H34N4O/c1-53(2)42-20-10-6-16-34(42)37-26-24-31-29-46-41(30-39(31)48(37)53)36-18-8-12-22-44(36)57(46)52-54-49(51-50(55-52)38-19-9-13-23-47(38)58-51)32-25-27-45-40(28-32)35-17-7-11-21-43(35)56(45)33-14-4-3-5-15-33/h3-30H,1-2H3. The predicted octanol–water partition coefficient (Wildman–Crippen LogP) is 13.7. The van der Waals surface area contributed by atoms with E-state index in [0.717, 1.165) is 60.9 Å². The molecule has 13 rings (SSSR count). The summed E-state index contributed by atoms with van der Waals surface area (Å²) < 4.78 is 11.3. The molecule has 1 aliphatic rings. The van der Waals surface area contributed by atoms with Crippen molar-refractivity contribution in [3.63, 3.8) is 0 Å². The lowest BCUT2D eigenvalue weighted by molar-refractivity contribution is 0.666. The molecule has 4 aromatic heterocycles. The van der Waals surface area contributed by atoms with E-state index in [2.05, 4.69) is 175 Å². The molecule has 12 aromatic rings. The van der Waals surface area contributed by atoms with Gasteiger partial charge in [0.25, 0.3) is 0 Å². The summed E-state index contributed by atoms with van der Waals surface area (Å²) in [5.41, 5.74) is 14.9. The molecule has 5 heteroatoms. The summed E-state index contributed by atoms with van der Waals surface area (Å²) in [7, 11) is 0. The maximum absolute atomic E-state index is 6.67. The highest BCUT2D eigenvalue weighted by Gasteiger charge is 2.37. The van der Waals surface area contributed by atoms with Gasteiger partial charge in [0.05, 0.1) is 22.1 Å². The summed E-state index contributed by atoms with van der Waals surface area (Å²) in [5, 5.41) is 8.14. The zero-order valence-corrected chi connectivity index (χ0v) is 31.9. The molecule has 0 spiro atoms. The molecule has 0 fully saturated rings. The maximum Gasteiger partial charge on any atom is 0.236 e. The first-order valence-corrected chi connectivity index (χ1v) is 19.9. The summed E-state index contributed by atoms with van der Waals surface area (Å²) in [6, 6.07) is 60.9. The first kappa shape index (κ1) is 31.7. The quantitative estimate of drug-likeness (QED) is 0.181. The number of hydrogen-bond donors (Lipinski definition) is 0. The van der Waals surface area contributed by atoms with E-state index in [1.807, 2.05) is 18.2 Å². The minimum atomic E-state index is -0.128. The Labute approximate surface area is 333 Å². The number of aromatic nitrogens is 4. The van der Waals surface area contributed by atoms with E-state index in [4.69, 9.17) is 14.4 Å². The van der Waals surface area contributed by atoms with Crippen molar-refractivity contribution < 1.29 is 4.42 Å². The molecular weight excluding hydrogens is 709 g/mol. The van der Waals surface area contributed by atoms with Crippen LogP contribution in [0.15, 0.2) is 174 Å². The molecule has 0 amide bonds. The zero-order valence-electron chi connectivity index (χ0n) is 31.9. The predicted molar refractivity (Wildman–Crippen MR) is 238 cm³/mol. The topological polar surface area (TPSA) is 48.8 Å². The lowest BCUT2D eigenvalue weighted by atomic mass is 9.80. The summed E-state index contributed by atoms with van der Waals surface area (Å²) in [6.45, 7) is 4.72. The van der Waals surface area contributed by atoms with E-state index >= 15 is 0 Å². The second-order valence-corrected chi connectivity index (χ2v) is 16.2. The van der Waals surface area contributed by atoms with Crippen molar-refractivity contribution in [3.05, 3.63) is 181 Å². The van der Waals surface area contributed by atoms with Crippen molar-refractivity contribution in [2.24, 2.45) is 0 Å². The molecule has 0 aliphatic heterocycles. The first-order valence-electron chi connectivity index (χ1n) is 19.9. The van der Waals surface area contributed by atoms with Crippen molar-refractivity contribution in [1.29, 1.82) is 0 Å². The smallest absolute Gasteiger partial charge is 0.236 e. The largest absolute Gasteiger partial charge is 0.452 e. The number of benzene rings is 8. The normalized spacial score (nSPS) is 13.5. The van der Waals surface area contributed by atoms with Crippen LogP contribution in [0.1, 0.15) is 25.0 Å². The highest BCUT2D eigenvalue weighted by atomic mass is 16.3. The van der Waals surface area contributed by atoms with Crippen LogP contribution in [0.4, 0.5) is 0 Å². The van der Waals surface area contributed by atoms with Crippen LogP contribution in [0.25, 0.3) is 110 Å². The molecule has 0 radical (unpaired) electrons. The second kappa shape index (κ2) is 11.3. The average Bonchev–Trinajstić information content (AvgIpc) is 3.98. The van der Waals surface area contributed by atoms with Crippen molar-refractivity contribution in [2.75, 3.05) is 0 Å². The van der Waals surface area contributed by atoms with Gasteiger partial charge in [-0.2, -0.15) is 0 Å². The van der Waals surface area contributed by atoms with E-state index in [-0.39, 0.29) is 5.41 Å². The highest BCUT2D eigenvalue weighted by molar-refractivity contribution is 6.16. The molecular formula is C53H34N4O. The molecule has 4 heterocycles. The SMILES string of the molecule is CC1(C)c2ccccc2-c2ccc3cc4c(cc3c21)c1ccccc1n4-c1nc(-c2ccc3c(c2)c2ccccc2n3-c2ccccc2)c2oc3ccccc3c2n1. The third-order valence-electron chi connectivity index (χ3n) is 12.7. The van der Waals surface area contributed by atoms with E-state index in [1.54, 1.807) is 0 Å². The molecule has 1 aliphatic carbocycles. The minimum Gasteiger partial charge on any atom is -0.452 e. The Kier molecular flexibility index (Phi) is 6.17. The molecule has 5 nitrogen and oxygen atoms in total. The van der Waals surface area contributed by atoms with Gasteiger partial charge in [0.1, 0.15) is 16.8 Å². The van der Waals surface area contributed by atoms with Crippen LogP contribution in [0.5, 0.6) is 0 Å². The first-order chi connectivity index (χ1) is 28.5. The maximum atomic E-state index is 6.67. The number of nitrogens with zero attached hydrogens (tertiary/aromatic N) is 4. The minimum absolute atomic E-state index is 0.128. The Morgan fingerprint density at radius 2 is 1.16 bits per heavy atom. The third kappa shape index (κ3) is 4.14. The van der Waals surface area contributed by atoms with Crippen LogP contribution < -0.4 is 0 Å². The van der Waals surface area contributed by atoms with Gasteiger partial charge in [0.2, 0.25) is 5.95 Å². The van der Waals surface area contributed by atoms with Gasteiger partial charge in [0, 0.05) is 43.6 Å². The van der Waals surface area contributed by atoms with Crippen molar-refractivity contribution in [3.8, 4) is 34.0 Å². The van der Waals surface area contributed by atoms with Crippen molar-refractivity contribution in [1.82, 2.24) is 19.1 Å². The number of furan rings is 1. The fourth-order valence-corrected chi connectivity index (χ4v) is 10.1. The van der Waals surface area contributed by atoms with Crippen LogP contribution in [0.3, 0.4) is 0 Å². The van der Waals surface area contributed by atoms with E-state index < -0.39 is 0 Å². The van der Waals surface area contributed by atoms with E-state index in [0.29, 0.717) is 11.5 Å². The monoisotopic (exact) mass is 742 g/mol. The van der Waals surface area contributed by atoms with E-state index in [1.165, 1.54) is 49.2 Å².